The lowest BCUT2D eigenvalue weighted by Gasteiger charge is -2.35. The topological polar surface area (TPSA) is 53.6 Å². The number of hydrogen-bond acceptors (Lipinski definition) is 3. The van der Waals surface area contributed by atoms with Gasteiger partial charge in [0.25, 0.3) is 0 Å². The second-order valence-corrected chi connectivity index (χ2v) is 5.62. The molecule has 0 aromatic heterocycles. The van der Waals surface area contributed by atoms with Gasteiger partial charge in [0.2, 0.25) is 0 Å². The molecule has 2 aliphatic rings. The van der Waals surface area contributed by atoms with Gasteiger partial charge < -0.3 is 15.4 Å². The van der Waals surface area contributed by atoms with E-state index in [9.17, 15) is 4.79 Å². The fourth-order valence-corrected chi connectivity index (χ4v) is 3.13. The van der Waals surface area contributed by atoms with Crippen LogP contribution in [0, 0.1) is 0 Å². The van der Waals surface area contributed by atoms with Crippen molar-refractivity contribution < 1.29 is 9.53 Å². The second-order valence-electron chi connectivity index (χ2n) is 5.62. The van der Waals surface area contributed by atoms with Gasteiger partial charge in [-0.15, -0.1) is 0 Å². The first-order valence-corrected chi connectivity index (χ1v) is 7.77. The SMILES string of the molecule is CCNC1CCN(C(=O)NC2CCOC2)c2ccccc21. The van der Waals surface area contributed by atoms with E-state index >= 15 is 0 Å². The monoisotopic (exact) mass is 289 g/mol. The minimum absolute atomic E-state index is 0.00658. The molecule has 1 aromatic rings. The molecule has 21 heavy (non-hydrogen) atoms. The van der Waals surface area contributed by atoms with Crippen molar-refractivity contribution in [2.45, 2.75) is 31.8 Å². The molecule has 1 saturated heterocycles. The summed E-state index contributed by atoms with van der Waals surface area (Å²) in [4.78, 5) is 14.4. The van der Waals surface area contributed by atoms with Gasteiger partial charge in [-0.05, 0) is 31.0 Å². The molecule has 1 fully saturated rings. The molecule has 5 heteroatoms. The van der Waals surface area contributed by atoms with Crippen LogP contribution in [0.25, 0.3) is 0 Å². The molecule has 1 aromatic carbocycles. The normalized spacial score (nSPS) is 24.7. The van der Waals surface area contributed by atoms with Crippen LogP contribution in [0.15, 0.2) is 24.3 Å². The van der Waals surface area contributed by atoms with Crippen molar-refractivity contribution in [3.8, 4) is 0 Å². The Bertz CT molecular complexity index is 500. The molecule has 0 aliphatic carbocycles. The van der Waals surface area contributed by atoms with Crippen LogP contribution < -0.4 is 15.5 Å². The van der Waals surface area contributed by atoms with Gasteiger partial charge in [0.1, 0.15) is 0 Å². The van der Waals surface area contributed by atoms with Gasteiger partial charge in [-0.3, -0.25) is 4.90 Å². The number of para-hydroxylation sites is 1. The smallest absolute Gasteiger partial charge is 0.322 e. The lowest BCUT2D eigenvalue weighted by Crippen LogP contribution is -2.48. The minimum Gasteiger partial charge on any atom is -0.379 e. The third-order valence-electron chi connectivity index (χ3n) is 4.20. The van der Waals surface area contributed by atoms with Gasteiger partial charge in [0.05, 0.1) is 18.3 Å². The van der Waals surface area contributed by atoms with Gasteiger partial charge >= 0.3 is 6.03 Å². The van der Waals surface area contributed by atoms with Crippen LogP contribution >= 0.6 is 0 Å². The summed E-state index contributed by atoms with van der Waals surface area (Å²) < 4.78 is 5.32. The lowest BCUT2D eigenvalue weighted by molar-refractivity contribution is 0.189. The first-order valence-electron chi connectivity index (χ1n) is 7.77. The first kappa shape index (κ1) is 14.4. The molecule has 0 bridgehead atoms. The van der Waals surface area contributed by atoms with Gasteiger partial charge in [0, 0.05) is 19.2 Å². The number of rotatable bonds is 3. The Morgan fingerprint density at radius 3 is 3.00 bits per heavy atom. The quantitative estimate of drug-likeness (QED) is 0.895. The molecule has 0 radical (unpaired) electrons. The molecule has 5 nitrogen and oxygen atoms in total. The van der Waals surface area contributed by atoms with E-state index in [0.29, 0.717) is 12.6 Å². The van der Waals surface area contributed by atoms with Crippen LogP contribution in [0.4, 0.5) is 10.5 Å². The minimum atomic E-state index is -0.00658. The maximum atomic E-state index is 12.5. The van der Waals surface area contributed by atoms with Crippen LogP contribution in [-0.4, -0.2) is 38.4 Å². The molecule has 2 aliphatic heterocycles. The Morgan fingerprint density at radius 1 is 1.38 bits per heavy atom. The fourth-order valence-electron chi connectivity index (χ4n) is 3.13. The van der Waals surface area contributed by atoms with Crippen molar-refractivity contribution in [2.75, 3.05) is 31.2 Å². The van der Waals surface area contributed by atoms with Crippen molar-refractivity contribution >= 4 is 11.7 Å². The van der Waals surface area contributed by atoms with E-state index in [-0.39, 0.29) is 12.1 Å². The largest absolute Gasteiger partial charge is 0.379 e. The Morgan fingerprint density at radius 2 is 2.24 bits per heavy atom. The number of ether oxygens (including phenoxy) is 1. The number of anilines is 1. The summed E-state index contributed by atoms with van der Waals surface area (Å²) in [6.45, 7) is 5.16. The summed E-state index contributed by atoms with van der Waals surface area (Å²) in [5, 5.41) is 6.57. The Hall–Kier alpha value is -1.59. The third-order valence-corrected chi connectivity index (χ3v) is 4.20. The van der Waals surface area contributed by atoms with Crippen LogP contribution in [0.5, 0.6) is 0 Å². The van der Waals surface area contributed by atoms with Gasteiger partial charge in [-0.1, -0.05) is 25.1 Å². The Balaban J connectivity index is 1.76. The van der Waals surface area contributed by atoms with Crippen LogP contribution in [0.3, 0.4) is 0 Å². The van der Waals surface area contributed by atoms with E-state index < -0.39 is 0 Å². The second kappa shape index (κ2) is 6.45. The zero-order chi connectivity index (χ0) is 14.7. The molecule has 2 atom stereocenters. The summed E-state index contributed by atoms with van der Waals surface area (Å²) in [5.41, 5.74) is 2.23. The predicted octanol–water partition coefficient (Wildman–Crippen LogP) is 2.05. The number of hydrogen-bond donors (Lipinski definition) is 2. The number of benzene rings is 1. The fraction of sp³-hybridized carbons (Fsp3) is 0.562. The molecule has 2 amide bonds. The van der Waals surface area contributed by atoms with E-state index in [1.54, 1.807) is 0 Å². The third kappa shape index (κ3) is 3.04. The highest BCUT2D eigenvalue weighted by Crippen LogP contribution is 2.33. The van der Waals surface area contributed by atoms with Gasteiger partial charge in [-0.2, -0.15) is 0 Å². The molecular weight excluding hydrogens is 266 g/mol. The van der Waals surface area contributed by atoms with Crippen LogP contribution in [0.1, 0.15) is 31.4 Å². The highest BCUT2D eigenvalue weighted by atomic mass is 16.5. The van der Waals surface area contributed by atoms with Crippen molar-refractivity contribution in [1.82, 2.24) is 10.6 Å². The number of carbonyl (C=O) groups excluding carboxylic acids is 1. The maximum Gasteiger partial charge on any atom is 0.322 e. The van der Waals surface area contributed by atoms with Crippen molar-refractivity contribution in [1.29, 1.82) is 0 Å². The molecule has 114 valence electrons. The van der Waals surface area contributed by atoms with Crippen molar-refractivity contribution in [3.05, 3.63) is 29.8 Å². The predicted molar refractivity (Wildman–Crippen MR) is 82.6 cm³/mol. The number of carbonyl (C=O) groups is 1. The molecule has 0 spiro atoms. The Labute approximate surface area is 125 Å². The highest BCUT2D eigenvalue weighted by molar-refractivity contribution is 5.93. The maximum absolute atomic E-state index is 12.5. The molecule has 2 heterocycles. The Kier molecular flexibility index (Phi) is 4.41. The molecule has 2 unspecified atom stereocenters. The number of urea groups is 1. The van der Waals surface area contributed by atoms with Gasteiger partial charge in [-0.25, -0.2) is 4.79 Å². The van der Waals surface area contributed by atoms with E-state index in [1.165, 1.54) is 5.56 Å². The molecule has 2 N–H and O–H groups in total. The van der Waals surface area contributed by atoms with Crippen LogP contribution in [0.2, 0.25) is 0 Å². The van der Waals surface area contributed by atoms with Crippen molar-refractivity contribution in [2.24, 2.45) is 0 Å². The average molecular weight is 289 g/mol. The summed E-state index contributed by atoms with van der Waals surface area (Å²) in [6, 6.07) is 8.65. The zero-order valence-corrected chi connectivity index (χ0v) is 12.5. The van der Waals surface area contributed by atoms with E-state index in [1.807, 2.05) is 23.1 Å². The van der Waals surface area contributed by atoms with E-state index in [0.717, 1.165) is 38.2 Å². The standard InChI is InChI=1S/C16H23N3O2/c1-2-17-14-7-9-19(15-6-4-3-5-13(14)15)16(20)18-12-8-10-21-11-12/h3-6,12,14,17H,2,7-11H2,1H3,(H,18,20). The number of amides is 2. The van der Waals surface area contributed by atoms with Crippen LogP contribution in [-0.2, 0) is 4.74 Å². The molecule has 3 rings (SSSR count). The average Bonchev–Trinajstić information content (AvgIpc) is 3.00. The summed E-state index contributed by atoms with van der Waals surface area (Å²) >= 11 is 0. The molecule has 0 saturated carbocycles. The summed E-state index contributed by atoms with van der Waals surface area (Å²) in [5.74, 6) is 0. The van der Waals surface area contributed by atoms with Gasteiger partial charge in [0.15, 0.2) is 0 Å². The number of nitrogens with zero attached hydrogens (tertiary/aromatic N) is 1. The first-order chi connectivity index (χ1) is 10.3. The van der Waals surface area contributed by atoms with E-state index in [2.05, 4.69) is 23.6 Å². The zero-order valence-electron chi connectivity index (χ0n) is 12.5. The molecular formula is C16H23N3O2. The number of nitrogens with one attached hydrogen (secondary N) is 2. The van der Waals surface area contributed by atoms with E-state index in [4.69, 9.17) is 4.74 Å². The summed E-state index contributed by atoms with van der Waals surface area (Å²) in [7, 11) is 0. The lowest BCUT2D eigenvalue weighted by atomic mass is 9.96. The van der Waals surface area contributed by atoms with Crippen molar-refractivity contribution in [3.63, 3.8) is 0 Å². The highest BCUT2D eigenvalue weighted by Gasteiger charge is 2.29. The number of fused-ring (bicyclic) bond motifs is 1. The summed E-state index contributed by atoms with van der Waals surface area (Å²) in [6.07, 6.45) is 1.85.